The van der Waals surface area contributed by atoms with Crippen LogP contribution in [0.25, 0.3) is 0 Å². The third-order valence-corrected chi connectivity index (χ3v) is 3.62. The number of nitrogens with one attached hydrogen (secondary N) is 1. The molecular weight excluding hydrogens is 268 g/mol. The van der Waals surface area contributed by atoms with E-state index in [1.807, 2.05) is 30.3 Å². The molecule has 1 aliphatic heterocycles. The number of benzene rings is 1. The molecule has 1 aliphatic rings. The van der Waals surface area contributed by atoms with Crippen LogP contribution < -0.4 is 5.32 Å². The highest BCUT2D eigenvalue weighted by molar-refractivity contribution is 5.95. The van der Waals surface area contributed by atoms with Crippen LogP contribution in [0.5, 0.6) is 0 Å². The van der Waals surface area contributed by atoms with Gasteiger partial charge in [-0.1, -0.05) is 36.8 Å². The Hall–Kier alpha value is -1.88. The first-order valence-electron chi connectivity index (χ1n) is 7.47. The summed E-state index contributed by atoms with van der Waals surface area (Å²) in [6.07, 6.45) is 2.30. The molecular formula is C16H22N2O3. The number of likely N-dealkylation sites (N-methyl/N-ethyl adjacent to an activating group) is 1. The molecule has 2 rings (SSSR count). The highest BCUT2D eigenvalue weighted by Crippen LogP contribution is 2.11. The molecule has 1 unspecified atom stereocenters. The number of hydrogen-bond donors (Lipinski definition) is 1. The zero-order valence-electron chi connectivity index (χ0n) is 12.4. The summed E-state index contributed by atoms with van der Waals surface area (Å²) in [6.45, 7) is 3.11. The molecule has 1 N–H and O–H groups in total. The van der Waals surface area contributed by atoms with Gasteiger partial charge in [0.15, 0.2) is 0 Å². The van der Waals surface area contributed by atoms with Gasteiger partial charge in [-0.15, -0.1) is 0 Å². The topological polar surface area (TPSA) is 58.6 Å². The summed E-state index contributed by atoms with van der Waals surface area (Å²) < 4.78 is 5.23. The van der Waals surface area contributed by atoms with Gasteiger partial charge in [-0.25, -0.2) is 9.69 Å². The average Bonchev–Trinajstić information content (AvgIpc) is 2.55. The van der Waals surface area contributed by atoms with Crippen molar-refractivity contribution in [1.82, 2.24) is 10.2 Å². The average molecular weight is 290 g/mol. The van der Waals surface area contributed by atoms with E-state index in [-0.39, 0.29) is 18.6 Å². The van der Waals surface area contributed by atoms with Gasteiger partial charge in [0.25, 0.3) is 0 Å². The van der Waals surface area contributed by atoms with Crippen LogP contribution in [0, 0.1) is 0 Å². The standard InChI is InChI=1S/C16H22N2O3/c1-2-18(15(19)14-10-6-7-11-17-14)16(20)21-12-13-8-4-3-5-9-13/h3-5,8-9,14,17H,2,6-7,10-12H2,1H3. The van der Waals surface area contributed by atoms with Gasteiger partial charge in [0.2, 0.25) is 5.91 Å². The molecule has 0 bridgehead atoms. The number of carbonyl (C=O) groups excluding carboxylic acids is 2. The molecule has 2 amide bonds. The minimum atomic E-state index is -0.571. The Morgan fingerprint density at radius 1 is 1.29 bits per heavy atom. The first-order valence-corrected chi connectivity index (χ1v) is 7.47. The summed E-state index contributed by atoms with van der Waals surface area (Å²) in [5, 5.41) is 3.16. The number of hydrogen-bond acceptors (Lipinski definition) is 4. The maximum absolute atomic E-state index is 12.3. The van der Waals surface area contributed by atoms with Crippen LogP contribution in [0.4, 0.5) is 4.79 Å². The van der Waals surface area contributed by atoms with Crippen LogP contribution in [0.15, 0.2) is 30.3 Å². The van der Waals surface area contributed by atoms with Gasteiger partial charge in [-0.2, -0.15) is 0 Å². The second-order valence-electron chi connectivity index (χ2n) is 5.13. The van der Waals surface area contributed by atoms with Gasteiger partial charge in [-0.05, 0) is 31.9 Å². The van der Waals surface area contributed by atoms with E-state index in [2.05, 4.69) is 5.32 Å². The monoisotopic (exact) mass is 290 g/mol. The summed E-state index contributed by atoms with van der Waals surface area (Å²) in [7, 11) is 0. The fourth-order valence-corrected chi connectivity index (χ4v) is 2.42. The van der Waals surface area contributed by atoms with Crippen molar-refractivity contribution in [2.45, 2.75) is 38.8 Å². The van der Waals surface area contributed by atoms with E-state index < -0.39 is 6.09 Å². The van der Waals surface area contributed by atoms with Crippen LogP contribution in [0.1, 0.15) is 31.7 Å². The molecule has 114 valence electrons. The first-order chi connectivity index (χ1) is 10.2. The van der Waals surface area contributed by atoms with Crippen molar-refractivity contribution in [3.05, 3.63) is 35.9 Å². The molecule has 0 aliphatic carbocycles. The number of amides is 2. The van der Waals surface area contributed by atoms with Crippen molar-refractivity contribution < 1.29 is 14.3 Å². The lowest BCUT2D eigenvalue weighted by molar-refractivity contribution is -0.132. The number of carbonyl (C=O) groups is 2. The molecule has 0 spiro atoms. The summed E-state index contributed by atoms with van der Waals surface area (Å²) in [4.78, 5) is 25.6. The predicted octanol–water partition coefficient (Wildman–Crippen LogP) is 2.31. The Morgan fingerprint density at radius 2 is 2.05 bits per heavy atom. The lowest BCUT2D eigenvalue weighted by Crippen LogP contribution is -2.50. The van der Waals surface area contributed by atoms with Gasteiger partial charge in [-0.3, -0.25) is 4.79 Å². The van der Waals surface area contributed by atoms with Crippen LogP contribution in [0.2, 0.25) is 0 Å². The number of piperidine rings is 1. The first kappa shape index (κ1) is 15.5. The van der Waals surface area contributed by atoms with Crippen molar-refractivity contribution >= 4 is 12.0 Å². The molecule has 0 aromatic heterocycles. The molecule has 1 saturated heterocycles. The van der Waals surface area contributed by atoms with Gasteiger partial charge < -0.3 is 10.1 Å². The van der Waals surface area contributed by atoms with Crippen molar-refractivity contribution in [3.63, 3.8) is 0 Å². The molecule has 21 heavy (non-hydrogen) atoms. The fourth-order valence-electron chi connectivity index (χ4n) is 2.42. The molecule has 1 heterocycles. The fraction of sp³-hybridized carbons (Fsp3) is 0.500. The Kier molecular flexibility index (Phi) is 5.75. The Labute approximate surface area is 125 Å². The predicted molar refractivity (Wildman–Crippen MR) is 79.7 cm³/mol. The molecule has 1 atom stereocenters. The van der Waals surface area contributed by atoms with E-state index in [4.69, 9.17) is 4.74 Å². The Bertz CT molecular complexity index is 470. The number of ether oxygens (including phenoxy) is 1. The molecule has 1 fully saturated rings. The highest BCUT2D eigenvalue weighted by atomic mass is 16.6. The van der Waals surface area contributed by atoms with E-state index in [1.165, 1.54) is 4.90 Å². The van der Waals surface area contributed by atoms with Crippen LogP contribution in [0.3, 0.4) is 0 Å². The molecule has 1 aromatic rings. The highest BCUT2D eigenvalue weighted by Gasteiger charge is 2.29. The van der Waals surface area contributed by atoms with Crippen LogP contribution in [-0.4, -0.2) is 36.0 Å². The second kappa shape index (κ2) is 7.78. The van der Waals surface area contributed by atoms with Crippen LogP contribution >= 0.6 is 0 Å². The second-order valence-corrected chi connectivity index (χ2v) is 5.13. The summed E-state index contributed by atoms with van der Waals surface area (Å²) >= 11 is 0. The van der Waals surface area contributed by atoms with Gasteiger partial charge in [0.1, 0.15) is 6.61 Å². The minimum absolute atomic E-state index is 0.182. The quantitative estimate of drug-likeness (QED) is 0.924. The van der Waals surface area contributed by atoms with Crippen molar-refractivity contribution in [1.29, 1.82) is 0 Å². The molecule has 5 nitrogen and oxygen atoms in total. The van der Waals surface area contributed by atoms with E-state index >= 15 is 0 Å². The molecule has 0 saturated carbocycles. The number of nitrogens with zero attached hydrogens (tertiary/aromatic N) is 1. The van der Waals surface area contributed by atoms with E-state index in [0.717, 1.165) is 31.4 Å². The third kappa shape index (κ3) is 4.29. The zero-order chi connectivity index (χ0) is 15.1. The van der Waals surface area contributed by atoms with Crippen molar-refractivity contribution in [2.24, 2.45) is 0 Å². The van der Waals surface area contributed by atoms with Gasteiger partial charge in [0.05, 0.1) is 6.04 Å². The normalized spacial score (nSPS) is 18.0. The van der Waals surface area contributed by atoms with Crippen LogP contribution in [-0.2, 0) is 16.1 Å². The maximum atomic E-state index is 12.3. The summed E-state index contributed by atoms with van der Waals surface area (Å²) in [5.41, 5.74) is 0.908. The lowest BCUT2D eigenvalue weighted by atomic mass is 10.0. The zero-order valence-corrected chi connectivity index (χ0v) is 12.4. The summed E-state index contributed by atoms with van der Waals surface area (Å²) in [6, 6.07) is 9.18. The van der Waals surface area contributed by atoms with E-state index in [9.17, 15) is 9.59 Å². The minimum Gasteiger partial charge on any atom is -0.444 e. The van der Waals surface area contributed by atoms with Crippen molar-refractivity contribution in [3.8, 4) is 0 Å². The van der Waals surface area contributed by atoms with E-state index in [0.29, 0.717) is 6.54 Å². The Balaban J connectivity index is 1.90. The largest absolute Gasteiger partial charge is 0.444 e. The number of imide groups is 1. The van der Waals surface area contributed by atoms with Gasteiger partial charge >= 0.3 is 6.09 Å². The smallest absolute Gasteiger partial charge is 0.416 e. The van der Waals surface area contributed by atoms with Crippen molar-refractivity contribution in [2.75, 3.05) is 13.1 Å². The lowest BCUT2D eigenvalue weighted by Gasteiger charge is -2.27. The molecule has 1 aromatic carbocycles. The van der Waals surface area contributed by atoms with E-state index in [1.54, 1.807) is 6.92 Å². The SMILES string of the molecule is CCN(C(=O)OCc1ccccc1)C(=O)C1CCCCN1. The Morgan fingerprint density at radius 3 is 2.67 bits per heavy atom. The molecule has 0 radical (unpaired) electrons. The molecule has 5 heteroatoms. The van der Waals surface area contributed by atoms with Gasteiger partial charge in [0, 0.05) is 6.54 Å². The summed E-state index contributed by atoms with van der Waals surface area (Å²) in [5.74, 6) is -0.185. The number of rotatable bonds is 4. The third-order valence-electron chi connectivity index (χ3n) is 3.62. The maximum Gasteiger partial charge on any atom is 0.416 e.